The SMILES string of the molecule is CCOC(=O)c1csc(NCCc2cccc(F)c2)n1. The molecule has 2 rings (SSSR count). The number of thiazole rings is 1. The number of nitrogens with zero attached hydrogens (tertiary/aromatic N) is 1. The summed E-state index contributed by atoms with van der Waals surface area (Å²) in [4.78, 5) is 15.6. The summed E-state index contributed by atoms with van der Waals surface area (Å²) < 4.78 is 17.9. The van der Waals surface area contributed by atoms with E-state index in [4.69, 9.17) is 4.74 Å². The van der Waals surface area contributed by atoms with Crippen LogP contribution in [-0.4, -0.2) is 24.1 Å². The van der Waals surface area contributed by atoms with E-state index in [-0.39, 0.29) is 5.82 Å². The quantitative estimate of drug-likeness (QED) is 0.832. The highest BCUT2D eigenvalue weighted by atomic mass is 32.1. The average Bonchev–Trinajstić information content (AvgIpc) is 2.88. The van der Waals surface area contributed by atoms with E-state index in [2.05, 4.69) is 10.3 Å². The Morgan fingerprint density at radius 1 is 1.50 bits per heavy atom. The van der Waals surface area contributed by atoms with Gasteiger partial charge in [0.1, 0.15) is 5.82 Å². The molecule has 1 N–H and O–H groups in total. The van der Waals surface area contributed by atoms with Gasteiger partial charge in [-0.2, -0.15) is 0 Å². The zero-order valence-corrected chi connectivity index (χ0v) is 11.9. The van der Waals surface area contributed by atoms with Crippen LogP contribution in [0.4, 0.5) is 9.52 Å². The van der Waals surface area contributed by atoms with E-state index in [1.165, 1.54) is 23.5 Å². The van der Waals surface area contributed by atoms with Gasteiger partial charge in [0.2, 0.25) is 0 Å². The van der Waals surface area contributed by atoms with Crippen molar-refractivity contribution in [1.29, 1.82) is 0 Å². The summed E-state index contributed by atoms with van der Waals surface area (Å²) >= 11 is 1.34. The highest BCUT2D eigenvalue weighted by Gasteiger charge is 2.11. The number of hydrogen-bond acceptors (Lipinski definition) is 5. The first kappa shape index (κ1) is 14.5. The largest absolute Gasteiger partial charge is 0.461 e. The zero-order valence-electron chi connectivity index (χ0n) is 11.1. The number of ether oxygens (including phenoxy) is 1. The standard InChI is InChI=1S/C14H15FN2O2S/c1-2-19-13(18)12-9-20-14(17-12)16-7-6-10-4-3-5-11(15)8-10/h3-5,8-9H,2,6-7H2,1H3,(H,16,17). The second-order valence-electron chi connectivity index (χ2n) is 4.07. The van der Waals surface area contributed by atoms with Gasteiger partial charge in [-0.1, -0.05) is 12.1 Å². The molecule has 106 valence electrons. The van der Waals surface area contributed by atoms with E-state index in [1.54, 1.807) is 18.4 Å². The molecule has 1 heterocycles. The highest BCUT2D eigenvalue weighted by molar-refractivity contribution is 7.13. The van der Waals surface area contributed by atoms with Crippen LogP contribution in [0.2, 0.25) is 0 Å². The molecule has 0 aliphatic heterocycles. The van der Waals surface area contributed by atoms with Gasteiger partial charge in [0.25, 0.3) is 0 Å². The minimum absolute atomic E-state index is 0.235. The van der Waals surface area contributed by atoms with Crippen molar-refractivity contribution >= 4 is 22.4 Å². The van der Waals surface area contributed by atoms with Gasteiger partial charge in [0.15, 0.2) is 10.8 Å². The molecule has 0 spiro atoms. The third kappa shape index (κ3) is 4.03. The predicted molar refractivity (Wildman–Crippen MR) is 76.7 cm³/mol. The van der Waals surface area contributed by atoms with Crippen LogP contribution in [0.15, 0.2) is 29.6 Å². The Balaban J connectivity index is 1.84. The molecule has 0 fully saturated rings. The first-order valence-corrected chi connectivity index (χ1v) is 7.18. The average molecular weight is 294 g/mol. The van der Waals surface area contributed by atoms with E-state index < -0.39 is 5.97 Å². The second-order valence-corrected chi connectivity index (χ2v) is 4.92. The maximum Gasteiger partial charge on any atom is 0.357 e. The summed E-state index contributed by atoms with van der Waals surface area (Å²) in [6, 6.07) is 6.49. The number of rotatable bonds is 6. The highest BCUT2D eigenvalue weighted by Crippen LogP contribution is 2.16. The van der Waals surface area contributed by atoms with Crippen LogP contribution < -0.4 is 5.32 Å². The van der Waals surface area contributed by atoms with Gasteiger partial charge >= 0.3 is 5.97 Å². The number of benzene rings is 1. The van der Waals surface area contributed by atoms with E-state index in [1.807, 2.05) is 6.07 Å². The lowest BCUT2D eigenvalue weighted by molar-refractivity contribution is 0.0520. The van der Waals surface area contributed by atoms with Gasteiger partial charge in [-0.05, 0) is 31.0 Å². The molecule has 1 aromatic heterocycles. The van der Waals surface area contributed by atoms with Crippen LogP contribution in [0.5, 0.6) is 0 Å². The fourth-order valence-corrected chi connectivity index (χ4v) is 2.37. The van der Waals surface area contributed by atoms with Gasteiger partial charge < -0.3 is 10.1 Å². The van der Waals surface area contributed by atoms with E-state index >= 15 is 0 Å². The molecule has 0 aliphatic carbocycles. The molecule has 6 heteroatoms. The Labute approximate surface area is 120 Å². The number of carbonyl (C=O) groups is 1. The summed E-state index contributed by atoms with van der Waals surface area (Å²) in [6.45, 7) is 2.71. The topological polar surface area (TPSA) is 51.2 Å². The van der Waals surface area contributed by atoms with Crippen molar-refractivity contribution in [3.63, 3.8) is 0 Å². The molecular formula is C14H15FN2O2S. The van der Waals surface area contributed by atoms with Crippen LogP contribution in [0.1, 0.15) is 23.0 Å². The summed E-state index contributed by atoms with van der Waals surface area (Å²) in [6.07, 6.45) is 0.687. The van der Waals surface area contributed by atoms with Crippen molar-refractivity contribution in [2.24, 2.45) is 0 Å². The van der Waals surface area contributed by atoms with Gasteiger partial charge in [0, 0.05) is 11.9 Å². The van der Waals surface area contributed by atoms with E-state index in [9.17, 15) is 9.18 Å². The third-order valence-electron chi connectivity index (χ3n) is 2.57. The number of anilines is 1. The zero-order chi connectivity index (χ0) is 14.4. The van der Waals surface area contributed by atoms with Crippen molar-refractivity contribution in [1.82, 2.24) is 4.98 Å². The third-order valence-corrected chi connectivity index (χ3v) is 3.37. The lowest BCUT2D eigenvalue weighted by Gasteiger charge is -2.03. The first-order valence-electron chi connectivity index (χ1n) is 6.30. The monoisotopic (exact) mass is 294 g/mol. The molecule has 0 radical (unpaired) electrons. The predicted octanol–water partition coefficient (Wildman–Crippen LogP) is 3.11. The van der Waals surface area contributed by atoms with Crippen molar-refractivity contribution in [2.45, 2.75) is 13.3 Å². The fourth-order valence-electron chi connectivity index (χ4n) is 1.66. The van der Waals surface area contributed by atoms with Crippen LogP contribution in [0, 0.1) is 5.82 Å². The molecule has 0 saturated carbocycles. The Bertz CT molecular complexity index is 586. The number of nitrogens with one attached hydrogen (secondary N) is 1. The summed E-state index contributed by atoms with van der Waals surface area (Å²) in [5.74, 6) is -0.650. The number of halogens is 1. The first-order chi connectivity index (χ1) is 9.69. The Morgan fingerprint density at radius 3 is 3.10 bits per heavy atom. The molecule has 0 atom stereocenters. The number of carbonyl (C=O) groups excluding carboxylic acids is 1. The Kier molecular flexibility index (Phi) is 5.06. The molecule has 4 nitrogen and oxygen atoms in total. The molecule has 0 aliphatic rings. The molecule has 0 saturated heterocycles. The van der Waals surface area contributed by atoms with Crippen LogP contribution >= 0.6 is 11.3 Å². The van der Waals surface area contributed by atoms with Gasteiger partial charge in [-0.15, -0.1) is 11.3 Å². The minimum Gasteiger partial charge on any atom is -0.461 e. The molecule has 0 amide bonds. The number of aromatic nitrogens is 1. The van der Waals surface area contributed by atoms with Crippen molar-refractivity contribution < 1.29 is 13.9 Å². The summed E-state index contributed by atoms with van der Waals surface area (Å²) in [5.41, 5.74) is 1.23. The summed E-state index contributed by atoms with van der Waals surface area (Å²) in [5, 5.41) is 5.42. The van der Waals surface area contributed by atoms with Gasteiger partial charge in [0.05, 0.1) is 6.61 Å². The minimum atomic E-state index is -0.415. The van der Waals surface area contributed by atoms with E-state index in [0.29, 0.717) is 30.4 Å². The fraction of sp³-hybridized carbons (Fsp3) is 0.286. The lowest BCUT2D eigenvalue weighted by Crippen LogP contribution is -2.07. The second kappa shape index (κ2) is 7.00. The van der Waals surface area contributed by atoms with E-state index in [0.717, 1.165) is 5.56 Å². The normalized spacial score (nSPS) is 10.3. The lowest BCUT2D eigenvalue weighted by atomic mass is 10.1. The molecule has 1 aromatic carbocycles. The molecule has 20 heavy (non-hydrogen) atoms. The maximum absolute atomic E-state index is 13.0. The number of esters is 1. The molecule has 0 bridgehead atoms. The molecule has 2 aromatic rings. The maximum atomic E-state index is 13.0. The Hall–Kier alpha value is -1.95. The van der Waals surface area contributed by atoms with Crippen LogP contribution in [0.25, 0.3) is 0 Å². The van der Waals surface area contributed by atoms with Crippen LogP contribution in [-0.2, 0) is 11.2 Å². The van der Waals surface area contributed by atoms with Gasteiger partial charge in [-0.3, -0.25) is 0 Å². The van der Waals surface area contributed by atoms with Gasteiger partial charge in [-0.25, -0.2) is 14.2 Å². The molecular weight excluding hydrogens is 279 g/mol. The van der Waals surface area contributed by atoms with Crippen LogP contribution in [0.3, 0.4) is 0 Å². The number of hydrogen-bond donors (Lipinski definition) is 1. The molecule has 0 unspecified atom stereocenters. The van der Waals surface area contributed by atoms with Crippen molar-refractivity contribution in [3.8, 4) is 0 Å². The summed E-state index contributed by atoms with van der Waals surface area (Å²) in [7, 11) is 0. The Morgan fingerprint density at radius 2 is 2.35 bits per heavy atom. The van der Waals surface area contributed by atoms with Crippen molar-refractivity contribution in [3.05, 3.63) is 46.7 Å². The van der Waals surface area contributed by atoms with Crippen molar-refractivity contribution in [2.75, 3.05) is 18.5 Å². The smallest absolute Gasteiger partial charge is 0.357 e.